The fraction of sp³-hybridized carbons (Fsp3) is 0.407. The van der Waals surface area contributed by atoms with Crippen molar-refractivity contribution >= 4 is 27.3 Å². The van der Waals surface area contributed by atoms with E-state index < -0.39 is 44.1 Å². The molecule has 1 atom stereocenters. The molecule has 1 N–H and O–H groups in total. The second-order valence-corrected chi connectivity index (χ2v) is 12.6. The predicted octanol–water partition coefficient (Wildman–Crippen LogP) is 5.22. The average molecular weight is 583 g/mol. The van der Waals surface area contributed by atoms with Gasteiger partial charge in [-0.25, -0.2) is 8.42 Å². The van der Waals surface area contributed by atoms with Gasteiger partial charge in [-0.15, -0.1) is 0 Å². The van der Waals surface area contributed by atoms with E-state index in [1.807, 2.05) is 56.4 Å². The van der Waals surface area contributed by atoms with Crippen LogP contribution in [0.15, 0.2) is 54.9 Å². The van der Waals surface area contributed by atoms with Crippen LogP contribution in [-0.4, -0.2) is 60.1 Å². The number of nitrogens with zero attached hydrogens (tertiary/aromatic N) is 3. The Morgan fingerprint density at radius 2 is 1.82 bits per heavy atom. The first kappa shape index (κ1) is 29.1. The Hall–Kier alpha value is -2.89. The number of likely N-dealkylation sites (N-methyl/N-ethyl adjacent to an activating group) is 1. The Morgan fingerprint density at radius 3 is 2.41 bits per heavy atom. The number of aromatic nitrogens is 2. The molecule has 0 bridgehead atoms. The highest BCUT2D eigenvalue weighted by Gasteiger charge is 2.47. The Bertz CT molecular complexity index is 1460. The zero-order chi connectivity index (χ0) is 28.6. The number of hydrogen-bond acceptors (Lipinski definition) is 5. The number of carbonyl (C=O) groups excluding carboxylic acids is 1. The van der Waals surface area contributed by atoms with Crippen molar-refractivity contribution in [3.8, 4) is 11.1 Å². The molecule has 1 amide bonds. The highest BCUT2D eigenvalue weighted by Crippen LogP contribution is 2.42. The number of hydrogen-bond donors (Lipinski definition) is 1. The normalized spacial score (nSPS) is 17.6. The number of aryl methyl sites for hydroxylation is 1. The van der Waals surface area contributed by atoms with Crippen LogP contribution in [0.4, 0.5) is 13.2 Å². The molecule has 1 aliphatic rings. The van der Waals surface area contributed by atoms with Crippen LogP contribution in [0.3, 0.4) is 0 Å². The van der Waals surface area contributed by atoms with Crippen molar-refractivity contribution in [2.75, 3.05) is 25.6 Å². The number of nitrogens with one attached hydrogen (secondary N) is 1. The highest BCUT2D eigenvalue weighted by atomic mass is 35.5. The third-order valence-corrected chi connectivity index (χ3v) is 9.51. The van der Waals surface area contributed by atoms with Crippen LogP contribution in [0.25, 0.3) is 11.1 Å². The molecule has 0 saturated carbocycles. The van der Waals surface area contributed by atoms with Gasteiger partial charge in [-0.2, -0.15) is 18.3 Å². The summed E-state index contributed by atoms with van der Waals surface area (Å²) in [7, 11) is 0.358. The van der Waals surface area contributed by atoms with Gasteiger partial charge in [-0.1, -0.05) is 35.9 Å². The maximum absolute atomic E-state index is 13.5. The molecule has 1 unspecified atom stereocenters. The molecule has 1 aromatic heterocycles. The van der Waals surface area contributed by atoms with Crippen molar-refractivity contribution in [1.82, 2.24) is 20.0 Å². The molecular weight excluding hydrogens is 553 g/mol. The Morgan fingerprint density at radius 1 is 1.15 bits per heavy atom. The monoisotopic (exact) mass is 582 g/mol. The molecule has 210 valence electrons. The lowest BCUT2D eigenvalue weighted by molar-refractivity contribution is -0.137. The van der Waals surface area contributed by atoms with Crippen LogP contribution in [0.5, 0.6) is 0 Å². The van der Waals surface area contributed by atoms with Crippen molar-refractivity contribution in [1.29, 1.82) is 0 Å². The van der Waals surface area contributed by atoms with Gasteiger partial charge in [0.2, 0.25) is 0 Å². The molecule has 39 heavy (non-hydrogen) atoms. The Kier molecular flexibility index (Phi) is 8.16. The van der Waals surface area contributed by atoms with Gasteiger partial charge in [0.25, 0.3) is 5.91 Å². The molecule has 1 fully saturated rings. The summed E-state index contributed by atoms with van der Waals surface area (Å²) in [5.74, 6) is -0.940. The van der Waals surface area contributed by atoms with Crippen LogP contribution in [0, 0.1) is 0 Å². The smallest absolute Gasteiger partial charge is 0.343 e. The van der Waals surface area contributed by atoms with Crippen molar-refractivity contribution in [3.63, 3.8) is 0 Å². The summed E-state index contributed by atoms with van der Waals surface area (Å²) in [6.07, 6.45) is -0.659. The van der Waals surface area contributed by atoms with E-state index in [0.29, 0.717) is 12.1 Å². The number of benzene rings is 2. The first-order valence-electron chi connectivity index (χ1n) is 12.4. The zero-order valence-electron chi connectivity index (χ0n) is 21.8. The lowest BCUT2D eigenvalue weighted by Crippen LogP contribution is -2.58. The van der Waals surface area contributed by atoms with Gasteiger partial charge in [0.05, 0.1) is 39.9 Å². The van der Waals surface area contributed by atoms with E-state index in [-0.39, 0.29) is 29.9 Å². The molecule has 0 aliphatic carbocycles. The maximum atomic E-state index is 13.5. The summed E-state index contributed by atoms with van der Waals surface area (Å²) in [5.41, 5.74) is 0.127. The molecule has 4 rings (SSSR count). The predicted molar refractivity (Wildman–Crippen MR) is 144 cm³/mol. The van der Waals surface area contributed by atoms with Crippen LogP contribution >= 0.6 is 11.6 Å². The molecule has 7 nitrogen and oxygen atoms in total. The molecule has 0 spiro atoms. The lowest BCUT2D eigenvalue weighted by atomic mass is 9.78. The SMILES string of the molecule is CCn1cc(-c2cccc(C(NC(=O)c3cccc(C(F)(F)F)c3Cl)C3(N(C)C)CCS(=O)(=O)CC3)c2)cn1. The van der Waals surface area contributed by atoms with Gasteiger partial charge in [0, 0.05) is 23.8 Å². The molecular formula is C27H30ClF3N4O3S. The average Bonchev–Trinajstić information content (AvgIpc) is 3.36. The minimum atomic E-state index is -4.73. The summed E-state index contributed by atoms with van der Waals surface area (Å²) in [4.78, 5) is 15.4. The Balaban J connectivity index is 1.81. The largest absolute Gasteiger partial charge is 0.417 e. The quantitative estimate of drug-likeness (QED) is 0.413. The second-order valence-electron chi connectivity index (χ2n) is 9.93. The van der Waals surface area contributed by atoms with Gasteiger partial charge in [-0.3, -0.25) is 9.48 Å². The van der Waals surface area contributed by atoms with Crippen molar-refractivity contribution < 1.29 is 26.4 Å². The van der Waals surface area contributed by atoms with Gasteiger partial charge in [-0.05, 0) is 63.2 Å². The zero-order valence-corrected chi connectivity index (χ0v) is 23.4. The molecule has 0 radical (unpaired) electrons. The highest BCUT2D eigenvalue weighted by molar-refractivity contribution is 7.91. The maximum Gasteiger partial charge on any atom is 0.417 e. The van der Waals surface area contributed by atoms with Crippen molar-refractivity contribution in [3.05, 3.63) is 76.6 Å². The van der Waals surface area contributed by atoms with Gasteiger partial charge in [0.15, 0.2) is 0 Å². The van der Waals surface area contributed by atoms with Crippen LogP contribution < -0.4 is 5.32 Å². The number of alkyl halides is 3. The van der Waals surface area contributed by atoms with E-state index in [1.165, 1.54) is 6.07 Å². The van der Waals surface area contributed by atoms with E-state index in [9.17, 15) is 26.4 Å². The van der Waals surface area contributed by atoms with Gasteiger partial charge >= 0.3 is 6.18 Å². The summed E-state index contributed by atoms with van der Waals surface area (Å²) in [5, 5.41) is 6.57. The molecule has 1 saturated heterocycles. The van der Waals surface area contributed by atoms with E-state index in [2.05, 4.69) is 10.4 Å². The fourth-order valence-electron chi connectivity index (χ4n) is 5.13. The van der Waals surface area contributed by atoms with Gasteiger partial charge < -0.3 is 10.2 Å². The summed E-state index contributed by atoms with van der Waals surface area (Å²) in [6, 6.07) is 9.88. The van der Waals surface area contributed by atoms with Crippen LogP contribution in [-0.2, 0) is 22.6 Å². The fourth-order valence-corrected chi connectivity index (χ4v) is 6.98. The topological polar surface area (TPSA) is 84.3 Å². The molecule has 3 aromatic rings. The van der Waals surface area contributed by atoms with E-state index >= 15 is 0 Å². The van der Waals surface area contributed by atoms with Gasteiger partial charge in [0.1, 0.15) is 9.84 Å². The van der Waals surface area contributed by atoms with E-state index in [1.54, 1.807) is 10.9 Å². The third kappa shape index (κ3) is 6.00. The number of sulfone groups is 1. The number of rotatable bonds is 7. The van der Waals surface area contributed by atoms with Crippen LogP contribution in [0.1, 0.15) is 47.3 Å². The molecule has 2 aromatic carbocycles. The van der Waals surface area contributed by atoms with Crippen molar-refractivity contribution in [2.24, 2.45) is 0 Å². The summed E-state index contributed by atoms with van der Waals surface area (Å²) in [6.45, 7) is 2.66. The molecule has 1 aliphatic heterocycles. The number of carbonyl (C=O) groups is 1. The first-order chi connectivity index (χ1) is 18.3. The molecule has 2 heterocycles. The lowest BCUT2D eigenvalue weighted by Gasteiger charge is -2.48. The number of amides is 1. The summed E-state index contributed by atoms with van der Waals surface area (Å²) < 4.78 is 67.0. The van der Waals surface area contributed by atoms with E-state index in [4.69, 9.17) is 11.6 Å². The molecule has 12 heteroatoms. The summed E-state index contributed by atoms with van der Waals surface area (Å²) >= 11 is 6.08. The first-order valence-corrected chi connectivity index (χ1v) is 14.6. The standard InChI is InChI=1S/C27H30ClF3N4O3S/c1-4-35-17-20(16-32-35)18-7-5-8-19(15-18)24(26(34(2)3)11-13-39(37,38)14-12-26)33-25(36)21-9-6-10-22(23(21)28)27(29,30)31/h5-10,15-17,24H,4,11-14H2,1-3H3,(H,33,36). The third-order valence-electron chi connectivity index (χ3n) is 7.45. The Labute approximate surface area is 230 Å². The minimum absolute atomic E-state index is 0.0785. The van der Waals surface area contributed by atoms with E-state index in [0.717, 1.165) is 23.3 Å². The second kappa shape index (κ2) is 10.9. The minimum Gasteiger partial charge on any atom is -0.343 e. The number of halogens is 4. The van der Waals surface area contributed by atoms with Crippen LogP contribution in [0.2, 0.25) is 5.02 Å². The van der Waals surface area contributed by atoms with Crippen molar-refractivity contribution in [2.45, 2.75) is 44.1 Å².